The largest absolute Gasteiger partial charge is 0.352 e. The van der Waals surface area contributed by atoms with Gasteiger partial charge < -0.3 is 10.6 Å². The Kier molecular flexibility index (Phi) is 4.20. The van der Waals surface area contributed by atoms with Crippen LogP contribution in [0.4, 0.5) is 5.82 Å². The second kappa shape index (κ2) is 6.27. The third kappa shape index (κ3) is 3.24. The van der Waals surface area contributed by atoms with E-state index in [1.807, 2.05) is 12.3 Å². The van der Waals surface area contributed by atoms with Crippen LogP contribution in [0.1, 0.15) is 30.0 Å². The van der Waals surface area contributed by atoms with Gasteiger partial charge in [0.1, 0.15) is 5.82 Å². The number of pyridine rings is 1. The molecule has 1 aliphatic rings. The highest BCUT2D eigenvalue weighted by Crippen LogP contribution is 2.25. The van der Waals surface area contributed by atoms with Crippen LogP contribution in [0.3, 0.4) is 0 Å². The van der Waals surface area contributed by atoms with E-state index >= 15 is 0 Å². The maximum atomic E-state index is 5.98. The lowest BCUT2D eigenvalue weighted by molar-refractivity contribution is 0.712. The number of anilines is 1. The molecule has 0 spiro atoms. The summed E-state index contributed by atoms with van der Waals surface area (Å²) in [5.41, 5.74) is 10.1. The molecule has 21 heavy (non-hydrogen) atoms. The van der Waals surface area contributed by atoms with Gasteiger partial charge in [0.2, 0.25) is 0 Å². The molecule has 2 aromatic rings. The lowest BCUT2D eigenvalue weighted by atomic mass is 10.0. The van der Waals surface area contributed by atoms with Gasteiger partial charge in [0.25, 0.3) is 0 Å². The molecule has 3 nitrogen and oxygen atoms in total. The van der Waals surface area contributed by atoms with Crippen LogP contribution in [-0.4, -0.2) is 17.6 Å². The number of nitrogens with zero attached hydrogens (tertiary/aromatic N) is 2. The third-order valence-corrected chi connectivity index (χ3v) is 4.06. The standard InChI is InChI=1S/C18H23N3/c1-14(19)12-16-8-4-10-20-18(16)21-11-5-9-15-6-2-3-7-17(15)13-21/h2-4,6-8,10,14H,5,9,11-13,19H2,1H3. The van der Waals surface area contributed by atoms with Crippen LogP contribution in [0.5, 0.6) is 0 Å². The van der Waals surface area contributed by atoms with Crippen molar-refractivity contribution in [3.05, 3.63) is 59.3 Å². The van der Waals surface area contributed by atoms with E-state index in [9.17, 15) is 0 Å². The van der Waals surface area contributed by atoms with E-state index in [4.69, 9.17) is 5.73 Å². The van der Waals surface area contributed by atoms with Gasteiger partial charge >= 0.3 is 0 Å². The molecule has 1 aromatic carbocycles. The summed E-state index contributed by atoms with van der Waals surface area (Å²) in [6.07, 6.45) is 5.09. The first-order valence-electron chi connectivity index (χ1n) is 7.75. The van der Waals surface area contributed by atoms with Crippen molar-refractivity contribution >= 4 is 5.82 Å². The highest BCUT2D eigenvalue weighted by Gasteiger charge is 2.18. The molecule has 3 heteroatoms. The Hall–Kier alpha value is -1.87. The highest BCUT2D eigenvalue weighted by atomic mass is 15.2. The molecule has 0 bridgehead atoms. The van der Waals surface area contributed by atoms with Gasteiger partial charge in [-0.15, -0.1) is 0 Å². The number of hydrogen-bond donors (Lipinski definition) is 1. The van der Waals surface area contributed by atoms with Gasteiger partial charge in [0.05, 0.1) is 0 Å². The van der Waals surface area contributed by atoms with E-state index < -0.39 is 0 Å². The van der Waals surface area contributed by atoms with Crippen LogP contribution in [0.25, 0.3) is 0 Å². The molecule has 2 N–H and O–H groups in total. The number of hydrogen-bond acceptors (Lipinski definition) is 3. The number of aryl methyl sites for hydroxylation is 1. The monoisotopic (exact) mass is 281 g/mol. The quantitative estimate of drug-likeness (QED) is 0.940. The van der Waals surface area contributed by atoms with Crippen molar-refractivity contribution in [2.75, 3.05) is 11.4 Å². The minimum absolute atomic E-state index is 0.159. The van der Waals surface area contributed by atoms with Gasteiger partial charge in [-0.1, -0.05) is 30.3 Å². The summed E-state index contributed by atoms with van der Waals surface area (Å²) in [6, 6.07) is 13.1. The van der Waals surface area contributed by atoms with Crippen molar-refractivity contribution < 1.29 is 0 Å². The predicted octanol–water partition coefficient (Wildman–Crippen LogP) is 2.92. The summed E-state index contributed by atoms with van der Waals surface area (Å²) >= 11 is 0. The lowest BCUT2D eigenvalue weighted by Gasteiger charge is -2.25. The zero-order valence-corrected chi connectivity index (χ0v) is 12.6. The number of fused-ring (bicyclic) bond motifs is 1. The molecular formula is C18H23N3. The van der Waals surface area contributed by atoms with Crippen molar-refractivity contribution in [1.82, 2.24) is 4.98 Å². The Balaban J connectivity index is 1.91. The molecule has 1 aliphatic heterocycles. The van der Waals surface area contributed by atoms with Crippen molar-refractivity contribution in [1.29, 1.82) is 0 Å². The first-order chi connectivity index (χ1) is 10.2. The van der Waals surface area contributed by atoms with Crippen LogP contribution in [0.15, 0.2) is 42.6 Å². The van der Waals surface area contributed by atoms with Crippen LogP contribution in [0.2, 0.25) is 0 Å². The lowest BCUT2D eigenvalue weighted by Crippen LogP contribution is -2.26. The van der Waals surface area contributed by atoms with Gasteiger partial charge in [0.15, 0.2) is 0 Å². The summed E-state index contributed by atoms with van der Waals surface area (Å²) in [5, 5.41) is 0. The zero-order valence-electron chi connectivity index (χ0n) is 12.6. The minimum Gasteiger partial charge on any atom is -0.352 e. The smallest absolute Gasteiger partial charge is 0.132 e. The fourth-order valence-electron chi connectivity index (χ4n) is 3.10. The molecule has 0 fully saturated rings. The molecule has 0 aliphatic carbocycles. The second-order valence-electron chi connectivity index (χ2n) is 5.96. The molecule has 1 atom stereocenters. The molecule has 0 saturated carbocycles. The van der Waals surface area contributed by atoms with E-state index in [1.54, 1.807) is 0 Å². The summed E-state index contributed by atoms with van der Waals surface area (Å²) < 4.78 is 0. The Morgan fingerprint density at radius 3 is 2.81 bits per heavy atom. The summed E-state index contributed by atoms with van der Waals surface area (Å²) in [6.45, 7) is 4.05. The Morgan fingerprint density at radius 1 is 1.19 bits per heavy atom. The Morgan fingerprint density at radius 2 is 2.00 bits per heavy atom. The molecule has 3 rings (SSSR count). The normalized spacial score (nSPS) is 16.2. The van der Waals surface area contributed by atoms with Crippen molar-refractivity contribution in [2.24, 2.45) is 5.73 Å². The average Bonchev–Trinajstić information content (AvgIpc) is 2.69. The number of nitrogens with two attached hydrogens (primary N) is 1. The van der Waals surface area contributed by atoms with Gasteiger partial charge in [-0.3, -0.25) is 0 Å². The molecule has 0 radical (unpaired) electrons. The maximum absolute atomic E-state index is 5.98. The number of aromatic nitrogens is 1. The van der Waals surface area contributed by atoms with Gasteiger partial charge in [0, 0.05) is 25.3 Å². The summed E-state index contributed by atoms with van der Waals surface area (Å²) in [4.78, 5) is 7.05. The SMILES string of the molecule is CC(N)Cc1cccnc1N1CCCc2ccccc2C1. The number of benzene rings is 1. The van der Waals surface area contributed by atoms with Crippen LogP contribution >= 0.6 is 0 Å². The van der Waals surface area contributed by atoms with Gasteiger partial charge in [-0.05, 0) is 48.9 Å². The van der Waals surface area contributed by atoms with E-state index in [0.29, 0.717) is 0 Å². The number of rotatable bonds is 3. The van der Waals surface area contributed by atoms with Crippen LogP contribution < -0.4 is 10.6 Å². The van der Waals surface area contributed by atoms with Gasteiger partial charge in [-0.2, -0.15) is 0 Å². The second-order valence-corrected chi connectivity index (χ2v) is 5.96. The van der Waals surface area contributed by atoms with Crippen molar-refractivity contribution in [2.45, 2.75) is 38.8 Å². The molecule has 110 valence electrons. The predicted molar refractivity (Wildman–Crippen MR) is 87.4 cm³/mol. The highest BCUT2D eigenvalue weighted by molar-refractivity contribution is 5.49. The average molecular weight is 281 g/mol. The molecule has 0 saturated heterocycles. The topological polar surface area (TPSA) is 42.1 Å². The summed E-state index contributed by atoms with van der Waals surface area (Å²) in [7, 11) is 0. The van der Waals surface area contributed by atoms with E-state index in [1.165, 1.54) is 23.1 Å². The third-order valence-electron chi connectivity index (χ3n) is 4.06. The Bertz CT molecular complexity index is 607. The fourth-order valence-corrected chi connectivity index (χ4v) is 3.10. The van der Waals surface area contributed by atoms with E-state index in [0.717, 1.165) is 31.7 Å². The first-order valence-corrected chi connectivity index (χ1v) is 7.75. The molecule has 0 amide bonds. The van der Waals surface area contributed by atoms with E-state index in [2.05, 4.69) is 47.1 Å². The molecule has 2 heterocycles. The van der Waals surface area contributed by atoms with Crippen LogP contribution in [-0.2, 0) is 19.4 Å². The Labute approximate surface area is 126 Å². The molecule has 1 unspecified atom stereocenters. The minimum atomic E-state index is 0.159. The maximum Gasteiger partial charge on any atom is 0.132 e. The molecule has 1 aromatic heterocycles. The summed E-state index contributed by atoms with van der Waals surface area (Å²) in [5.74, 6) is 1.10. The van der Waals surface area contributed by atoms with Crippen molar-refractivity contribution in [3.8, 4) is 0 Å². The molecular weight excluding hydrogens is 258 g/mol. The van der Waals surface area contributed by atoms with Gasteiger partial charge in [-0.25, -0.2) is 4.98 Å². The van der Waals surface area contributed by atoms with Crippen LogP contribution in [0, 0.1) is 0 Å². The first kappa shape index (κ1) is 14.1. The zero-order chi connectivity index (χ0) is 14.7. The van der Waals surface area contributed by atoms with E-state index in [-0.39, 0.29) is 6.04 Å². The fraction of sp³-hybridized carbons (Fsp3) is 0.389. The van der Waals surface area contributed by atoms with Crippen molar-refractivity contribution in [3.63, 3.8) is 0 Å².